The van der Waals surface area contributed by atoms with Crippen LogP contribution < -0.4 is 16.4 Å². The van der Waals surface area contributed by atoms with Crippen molar-refractivity contribution in [3.8, 4) is 0 Å². The van der Waals surface area contributed by atoms with Gasteiger partial charge in [-0.3, -0.25) is 14.4 Å². The molecule has 0 unspecified atom stereocenters. The molecule has 7 nitrogen and oxygen atoms in total. The molecule has 1 atom stereocenters. The van der Waals surface area contributed by atoms with Crippen LogP contribution in [0.2, 0.25) is 0 Å². The first-order valence-electron chi connectivity index (χ1n) is 6.93. The molecule has 0 aliphatic rings. The van der Waals surface area contributed by atoms with Crippen LogP contribution >= 0.6 is 0 Å². The zero-order chi connectivity index (χ0) is 16.4. The Labute approximate surface area is 129 Å². The molecule has 0 spiro atoms. The summed E-state index contributed by atoms with van der Waals surface area (Å²) in [6.45, 7) is 1.27. The van der Waals surface area contributed by atoms with Gasteiger partial charge in [-0.1, -0.05) is 37.3 Å². The summed E-state index contributed by atoms with van der Waals surface area (Å²) < 4.78 is 4.78. The first-order chi connectivity index (χ1) is 10.5. The van der Waals surface area contributed by atoms with E-state index in [1.807, 2.05) is 30.3 Å². The number of benzene rings is 1. The summed E-state index contributed by atoms with van der Waals surface area (Å²) in [6, 6.07) is 9.65. The summed E-state index contributed by atoms with van der Waals surface area (Å²) in [7, 11) is 0. The third-order valence-corrected chi connectivity index (χ3v) is 2.87. The first-order valence-corrected chi connectivity index (χ1v) is 6.93. The number of primary amides is 1. The van der Waals surface area contributed by atoms with Gasteiger partial charge in [-0.05, 0) is 12.0 Å². The van der Waals surface area contributed by atoms with E-state index in [-0.39, 0.29) is 31.7 Å². The normalized spacial score (nSPS) is 11.5. The molecular formula is C15H21N3O4. The Hall–Kier alpha value is -2.41. The van der Waals surface area contributed by atoms with E-state index in [1.54, 1.807) is 6.92 Å². The molecule has 4 N–H and O–H groups in total. The van der Waals surface area contributed by atoms with Crippen molar-refractivity contribution in [1.29, 1.82) is 0 Å². The molecule has 0 saturated carbocycles. The van der Waals surface area contributed by atoms with Crippen molar-refractivity contribution >= 4 is 17.7 Å². The molecule has 1 rings (SSSR count). The van der Waals surface area contributed by atoms with Crippen LogP contribution in [0.15, 0.2) is 30.3 Å². The Morgan fingerprint density at radius 3 is 2.50 bits per heavy atom. The molecule has 7 heteroatoms. The second-order valence-corrected chi connectivity index (χ2v) is 4.87. The fourth-order valence-electron chi connectivity index (χ4n) is 1.75. The van der Waals surface area contributed by atoms with Gasteiger partial charge < -0.3 is 21.1 Å². The van der Waals surface area contributed by atoms with Crippen LogP contribution in [0.25, 0.3) is 0 Å². The molecular weight excluding hydrogens is 286 g/mol. The highest BCUT2D eigenvalue weighted by Crippen LogP contribution is 2.07. The van der Waals surface area contributed by atoms with Crippen molar-refractivity contribution in [3.63, 3.8) is 0 Å². The zero-order valence-corrected chi connectivity index (χ0v) is 12.5. The van der Waals surface area contributed by atoms with Crippen molar-refractivity contribution in [2.75, 3.05) is 19.9 Å². The number of ether oxygens (including phenoxy) is 1. The summed E-state index contributed by atoms with van der Waals surface area (Å²) in [5.74, 6) is -1.44. The minimum absolute atomic E-state index is 0.128. The molecule has 0 fully saturated rings. The van der Waals surface area contributed by atoms with Crippen LogP contribution in [0.5, 0.6) is 0 Å². The fourth-order valence-corrected chi connectivity index (χ4v) is 1.75. The second-order valence-electron chi connectivity index (χ2n) is 4.87. The van der Waals surface area contributed by atoms with Gasteiger partial charge in [0.25, 0.3) is 0 Å². The molecule has 0 heterocycles. The number of amides is 3. The second kappa shape index (κ2) is 9.51. The lowest BCUT2D eigenvalue weighted by molar-refractivity contribution is -0.129. The summed E-state index contributed by atoms with van der Waals surface area (Å²) in [4.78, 5) is 33.8. The Bertz CT molecular complexity index is 505. The summed E-state index contributed by atoms with van der Waals surface area (Å²) in [5, 5.41) is 4.95. The Morgan fingerprint density at radius 1 is 1.18 bits per heavy atom. The van der Waals surface area contributed by atoms with Crippen LogP contribution in [-0.2, 0) is 25.5 Å². The van der Waals surface area contributed by atoms with Crippen molar-refractivity contribution in [3.05, 3.63) is 35.9 Å². The quantitative estimate of drug-likeness (QED) is 0.424. The lowest BCUT2D eigenvalue weighted by Gasteiger charge is -2.12. The van der Waals surface area contributed by atoms with E-state index in [9.17, 15) is 14.4 Å². The molecule has 0 aromatic heterocycles. The molecule has 120 valence electrons. The van der Waals surface area contributed by atoms with Crippen LogP contribution in [0, 0.1) is 5.92 Å². The van der Waals surface area contributed by atoms with Gasteiger partial charge in [-0.15, -0.1) is 0 Å². The van der Waals surface area contributed by atoms with Crippen molar-refractivity contribution < 1.29 is 19.1 Å². The maximum Gasteiger partial charge on any atom is 0.243 e. The fraction of sp³-hybridized carbons (Fsp3) is 0.400. The van der Waals surface area contributed by atoms with Gasteiger partial charge in [0, 0.05) is 5.92 Å². The van der Waals surface area contributed by atoms with Gasteiger partial charge in [0.15, 0.2) is 0 Å². The highest BCUT2D eigenvalue weighted by Gasteiger charge is 2.14. The highest BCUT2D eigenvalue weighted by atomic mass is 16.5. The van der Waals surface area contributed by atoms with Crippen LogP contribution in [0.4, 0.5) is 0 Å². The van der Waals surface area contributed by atoms with Gasteiger partial charge in [0.05, 0.1) is 6.54 Å². The van der Waals surface area contributed by atoms with Crippen molar-refractivity contribution in [2.24, 2.45) is 11.7 Å². The number of rotatable bonds is 9. The van der Waals surface area contributed by atoms with E-state index in [4.69, 9.17) is 10.5 Å². The van der Waals surface area contributed by atoms with Gasteiger partial charge in [-0.25, -0.2) is 0 Å². The molecule has 0 bridgehead atoms. The van der Waals surface area contributed by atoms with E-state index in [2.05, 4.69) is 10.6 Å². The molecule has 22 heavy (non-hydrogen) atoms. The number of hydrogen-bond donors (Lipinski definition) is 3. The van der Waals surface area contributed by atoms with Crippen molar-refractivity contribution in [2.45, 2.75) is 13.3 Å². The molecule has 0 aliphatic heterocycles. The van der Waals surface area contributed by atoms with E-state index >= 15 is 0 Å². The van der Waals surface area contributed by atoms with Gasteiger partial charge >= 0.3 is 0 Å². The third-order valence-electron chi connectivity index (χ3n) is 2.87. The summed E-state index contributed by atoms with van der Waals surface area (Å²) in [6.07, 6.45) is 0.607. The lowest BCUT2D eigenvalue weighted by atomic mass is 10.0. The minimum atomic E-state index is -0.614. The molecule has 1 aromatic carbocycles. The van der Waals surface area contributed by atoms with Crippen molar-refractivity contribution in [1.82, 2.24) is 10.6 Å². The number of hydrogen-bond acceptors (Lipinski definition) is 4. The lowest BCUT2D eigenvalue weighted by Crippen LogP contribution is -2.40. The van der Waals surface area contributed by atoms with Gasteiger partial charge in [-0.2, -0.15) is 0 Å². The van der Waals surface area contributed by atoms with E-state index in [0.717, 1.165) is 5.56 Å². The maximum absolute atomic E-state index is 11.9. The topological polar surface area (TPSA) is 111 Å². The molecule has 0 saturated heterocycles. The van der Waals surface area contributed by atoms with Gasteiger partial charge in [0.1, 0.15) is 13.3 Å². The van der Waals surface area contributed by atoms with Gasteiger partial charge in [0.2, 0.25) is 17.7 Å². The first kappa shape index (κ1) is 17.6. The number of nitrogens with two attached hydrogens (primary N) is 1. The average molecular weight is 307 g/mol. The smallest absolute Gasteiger partial charge is 0.243 e. The summed E-state index contributed by atoms with van der Waals surface area (Å²) in [5.41, 5.74) is 5.93. The molecule has 0 aliphatic carbocycles. The van der Waals surface area contributed by atoms with Crippen LogP contribution in [0.3, 0.4) is 0 Å². The van der Waals surface area contributed by atoms with Crippen LogP contribution in [0.1, 0.15) is 12.5 Å². The SMILES string of the molecule is C[C@@H](Cc1ccccc1)C(=O)NCC(=O)NCOCC(N)=O. The summed E-state index contributed by atoms with van der Waals surface area (Å²) >= 11 is 0. The number of carbonyl (C=O) groups is 3. The predicted molar refractivity (Wildman–Crippen MR) is 80.5 cm³/mol. The predicted octanol–water partition coefficient (Wildman–Crippen LogP) is -0.443. The van der Waals surface area contributed by atoms with E-state index < -0.39 is 11.8 Å². The molecule has 3 amide bonds. The largest absolute Gasteiger partial charge is 0.368 e. The monoisotopic (exact) mass is 307 g/mol. The average Bonchev–Trinajstić information content (AvgIpc) is 2.50. The Balaban J connectivity index is 2.21. The van der Waals surface area contributed by atoms with Crippen LogP contribution in [-0.4, -0.2) is 37.6 Å². The molecule has 0 radical (unpaired) electrons. The van der Waals surface area contributed by atoms with E-state index in [0.29, 0.717) is 6.42 Å². The third kappa shape index (κ3) is 7.39. The molecule has 1 aromatic rings. The highest BCUT2D eigenvalue weighted by molar-refractivity contribution is 5.85. The maximum atomic E-state index is 11.9. The Morgan fingerprint density at radius 2 is 1.86 bits per heavy atom. The minimum Gasteiger partial charge on any atom is -0.368 e. The number of nitrogens with one attached hydrogen (secondary N) is 2. The standard InChI is InChI=1S/C15H21N3O4/c1-11(7-12-5-3-2-4-6-12)15(21)17-8-14(20)18-10-22-9-13(16)19/h2-6,11H,7-10H2,1H3,(H2,16,19)(H,17,21)(H,18,20)/t11-/m0/s1. The van der Waals surface area contributed by atoms with E-state index in [1.165, 1.54) is 0 Å². The number of carbonyl (C=O) groups excluding carboxylic acids is 3. The zero-order valence-electron chi connectivity index (χ0n) is 12.5. The Kier molecular flexibility index (Phi) is 7.63.